The molecule has 0 spiro atoms. The summed E-state index contributed by atoms with van der Waals surface area (Å²) in [5.41, 5.74) is 5.00. The van der Waals surface area contributed by atoms with Gasteiger partial charge in [-0.1, -0.05) is 111 Å². The van der Waals surface area contributed by atoms with Gasteiger partial charge in [-0.25, -0.2) is 9.79 Å². The second-order valence-electron chi connectivity index (χ2n) is 11.3. The number of thiazole rings is 1. The molecule has 0 bridgehead atoms. The molecule has 0 aliphatic carbocycles. The molecule has 1 amide bonds. The molecule has 2 aliphatic rings. The summed E-state index contributed by atoms with van der Waals surface area (Å²) in [5.74, 6) is -0.397. The highest BCUT2D eigenvalue weighted by atomic mass is 32.1. The van der Waals surface area contributed by atoms with E-state index in [1.807, 2.05) is 78.9 Å². The molecule has 8 heteroatoms. The molecule has 3 heterocycles. The molecule has 0 saturated heterocycles. The van der Waals surface area contributed by atoms with E-state index in [1.165, 1.54) is 11.3 Å². The van der Waals surface area contributed by atoms with Crippen molar-refractivity contribution in [3.8, 4) is 0 Å². The molecule has 0 radical (unpaired) electrons. The number of unbranched alkanes of at least 4 members (excludes halogenated alkanes) is 1. The predicted molar refractivity (Wildman–Crippen MR) is 174 cm³/mol. The van der Waals surface area contributed by atoms with Crippen LogP contribution in [0.3, 0.4) is 0 Å². The maximum Gasteiger partial charge on any atom is 0.338 e. The summed E-state index contributed by atoms with van der Waals surface area (Å²) >= 11 is 1.20. The number of rotatable bonds is 8. The zero-order valence-electron chi connectivity index (χ0n) is 25.4. The summed E-state index contributed by atoms with van der Waals surface area (Å²) in [6.07, 6.45) is 1.79. The van der Waals surface area contributed by atoms with Gasteiger partial charge >= 0.3 is 5.97 Å². The highest BCUT2D eigenvalue weighted by Gasteiger charge is 2.38. The van der Waals surface area contributed by atoms with Crippen LogP contribution >= 0.6 is 11.3 Å². The molecule has 1 atom stereocenters. The molecular weight excluding hydrogens is 570 g/mol. The first kappa shape index (κ1) is 29.5. The summed E-state index contributed by atoms with van der Waals surface area (Å²) < 4.78 is 7.48. The molecular formula is C36H35N3O4S. The van der Waals surface area contributed by atoms with Crippen molar-refractivity contribution in [1.82, 2.24) is 4.57 Å². The molecule has 224 valence electrons. The lowest BCUT2D eigenvalue weighted by molar-refractivity contribution is -0.138. The third kappa shape index (κ3) is 5.03. The van der Waals surface area contributed by atoms with Crippen LogP contribution in [0.15, 0.2) is 94.2 Å². The van der Waals surface area contributed by atoms with E-state index < -0.39 is 12.0 Å². The van der Waals surface area contributed by atoms with E-state index in [2.05, 4.69) is 20.8 Å². The summed E-state index contributed by atoms with van der Waals surface area (Å²) in [4.78, 5) is 49.4. The Labute approximate surface area is 260 Å². The van der Waals surface area contributed by atoms with Gasteiger partial charge in [0.1, 0.15) is 4.53 Å². The van der Waals surface area contributed by atoms with Crippen LogP contribution in [0.2, 0.25) is 0 Å². The lowest BCUT2D eigenvalue weighted by Crippen LogP contribution is -2.41. The monoisotopic (exact) mass is 605 g/mol. The molecule has 0 unspecified atom stereocenters. The minimum Gasteiger partial charge on any atom is -0.463 e. The van der Waals surface area contributed by atoms with E-state index >= 15 is 0 Å². The first-order valence-electron chi connectivity index (χ1n) is 15.2. The normalized spacial score (nSPS) is 17.1. The van der Waals surface area contributed by atoms with E-state index in [-0.39, 0.29) is 18.1 Å². The molecule has 6 rings (SSSR count). The van der Waals surface area contributed by atoms with E-state index in [0.717, 1.165) is 40.8 Å². The van der Waals surface area contributed by atoms with Crippen LogP contribution in [0.4, 0.5) is 5.69 Å². The van der Waals surface area contributed by atoms with E-state index in [1.54, 1.807) is 16.4 Å². The maximum absolute atomic E-state index is 14.6. The van der Waals surface area contributed by atoms with Crippen molar-refractivity contribution in [1.29, 1.82) is 0 Å². The van der Waals surface area contributed by atoms with Crippen molar-refractivity contribution < 1.29 is 14.3 Å². The Morgan fingerprint density at radius 2 is 1.66 bits per heavy atom. The second kappa shape index (κ2) is 12.2. The standard InChI is InChI=1S/C36H35N3O4S/c1-5-7-21-38-27-16-12-11-15-26(27)28(33(38)40)32-34(41)39-31(25-19-17-23(18-20-25)22(3)4)29(35(42)43-6-2)30(37-36(39)44-32)24-13-9-8-10-14-24/h8-20,22,31H,5-7,21H2,1-4H3/b32-28+/t31-/m0/s1. The lowest BCUT2D eigenvalue weighted by atomic mass is 9.91. The van der Waals surface area contributed by atoms with Gasteiger partial charge in [0.2, 0.25) is 0 Å². The number of carbonyl (C=O) groups is 2. The number of para-hydroxylation sites is 1. The average molecular weight is 606 g/mol. The summed E-state index contributed by atoms with van der Waals surface area (Å²) in [6.45, 7) is 8.84. The van der Waals surface area contributed by atoms with Crippen LogP contribution < -0.4 is 19.8 Å². The smallest absolute Gasteiger partial charge is 0.338 e. The molecule has 0 N–H and O–H groups in total. The molecule has 2 aliphatic heterocycles. The number of fused-ring (bicyclic) bond motifs is 2. The topological polar surface area (TPSA) is 81.0 Å². The zero-order chi connectivity index (χ0) is 31.0. The minimum absolute atomic E-state index is 0.177. The Bertz CT molecular complexity index is 1950. The van der Waals surface area contributed by atoms with Crippen molar-refractivity contribution in [2.75, 3.05) is 18.1 Å². The highest BCUT2D eigenvalue weighted by molar-refractivity contribution is 7.07. The summed E-state index contributed by atoms with van der Waals surface area (Å²) in [7, 11) is 0. The third-order valence-corrected chi connectivity index (χ3v) is 9.21. The fraction of sp³-hybridized carbons (Fsp3) is 0.278. The Hall–Kier alpha value is -4.56. The quantitative estimate of drug-likeness (QED) is 0.246. The van der Waals surface area contributed by atoms with Crippen molar-refractivity contribution in [3.05, 3.63) is 126 Å². The zero-order valence-corrected chi connectivity index (χ0v) is 26.2. The SMILES string of the molecule is CCCCN1C(=O)/C(=c2/sc3n(c2=O)[C@@H](c2ccc(C(C)C)cc2)C(C(=O)OCC)=C(c2ccccc2)N=3)c2ccccc21. The van der Waals surface area contributed by atoms with E-state index in [9.17, 15) is 14.4 Å². The van der Waals surface area contributed by atoms with E-state index in [4.69, 9.17) is 9.73 Å². The minimum atomic E-state index is -0.793. The number of ether oxygens (including phenoxy) is 1. The van der Waals surface area contributed by atoms with Gasteiger partial charge in [-0.3, -0.25) is 14.2 Å². The van der Waals surface area contributed by atoms with E-state index in [0.29, 0.717) is 38.6 Å². The number of amides is 1. The van der Waals surface area contributed by atoms with Gasteiger partial charge < -0.3 is 9.64 Å². The van der Waals surface area contributed by atoms with Crippen molar-refractivity contribution in [2.45, 2.75) is 52.5 Å². The molecule has 7 nitrogen and oxygen atoms in total. The average Bonchev–Trinajstić information content (AvgIpc) is 3.51. The van der Waals surface area contributed by atoms with Gasteiger partial charge in [-0.2, -0.15) is 0 Å². The maximum atomic E-state index is 14.6. The Morgan fingerprint density at radius 1 is 0.955 bits per heavy atom. The molecule has 0 saturated carbocycles. The molecule has 1 aromatic heterocycles. The molecule has 0 fully saturated rings. The van der Waals surface area contributed by atoms with Crippen LogP contribution in [-0.4, -0.2) is 29.6 Å². The number of aromatic nitrogens is 1. The Balaban J connectivity index is 1.67. The fourth-order valence-corrected chi connectivity index (χ4v) is 7.00. The number of benzene rings is 3. The second-order valence-corrected chi connectivity index (χ2v) is 12.3. The van der Waals surface area contributed by atoms with Crippen molar-refractivity contribution in [3.63, 3.8) is 0 Å². The molecule has 3 aromatic carbocycles. The van der Waals surface area contributed by atoms with Gasteiger partial charge in [0, 0.05) is 17.7 Å². The first-order chi connectivity index (χ1) is 21.3. The van der Waals surface area contributed by atoms with Crippen molar-refractivity contribution >= 4 is 40.2 Å². The molecule has 44 heavy (non-hydrogen) atoms. The van der Waals surface area contributed by atoms with Crippen LogP contribution in [0.25, 0.3) is 11.3 Å². The highest BCUT2D eigenvalue weighted by Crippen LogP contribution is 2.37. The number of hydrogen-bond donors (Lipinski definition) is 0. The molecule has 4 aromatic rings. The van der Waals surface area contributed by atoms with Gasteiger partial charge in [-0.15, -0.1) is 0 Å². The van der Waals surface area contributed by atoms with Gasteiger partial charge in [-0.05, 0) is 36.5 Å². The van der Waals surface area contributed by atoms with Crippen LogP contribution in [0.1, 0.15) is 74.8 Å². The Morgan fingerprint density at radius 3 is 2.34 bits per heavy atom. The lowest BCUT2D eigenvalue weighted by Gasteiger charge is -2.26. The number of carbonyl (C=O) groups excluding carboxylic acids is 2. The Kier molecular flexibility index (Phi) is 8.19. The van der Waals surface area contributed by atoms with Gasteiger partial charge in [0.25, 0.3) is 11.5 Å². The van der Waals surface area contributed by atoms with Crippen LogP contribution in [0.5, 0.6) is 0 Å². The first-order valence-corrected chi connectivity index (χ1v) is 16.0. The van der Waals surface area contributed by atoms with Gasteiger partial charge in [0.05, 0.1) is 35.2 Å². The number of esters is 1. The predicted octanol–water partition coefficient (Wildman–Crippen LogP) is 5.58. The van der Waals surface area contributed by atoms with Crippen LogP contribution in [0, 0.1) is 0 Å². The largest absolute Gasteiger partial charge is 0.463 e. The fourth-order valence-electron chi connectivity index (χ4n) is 5.91. The van der Waals surface area contributed by atoms with Crippen LogP contribution in [-0.2, 0) is 14.3 Å². The van der Waals surface area contributed by atoms with Gasteiger partial charge in [0.15, 0.2) is 4.80 Å². The number of anilines is 1. The third-order valence-electron chi connectivity index (χ3n) is 8.15. The number of nitrogens with zero attached hydrogens (tertiary/aromatic N) is 3. The van der Waals surface area contributed by atoms with Crippen molar-refractivity contribution in [2.24, 2.45) is 4.99 Å². The number of hydrogen-bond acceptors (Lipinski definition) is 6. The summed E-state index contributed by atoms with van der Waals surface area (Å²) in [6, 6.07) is 24.3. The summed E-state index contributed by atoms with van der Waals surface area (Å²) in [5, 5.41) is 0.